The number of nitrogens with zero attached hydrogens (tertiary/aromatic N) is 1. The number of likely N-dealkylation sites (tertiary alicyclic amines) is 1. The van der Waals surface area contributed by atoms with Crippen molar-refractivity contribution in [2.45, 2.75) is 39.3 Å². The van der Waals surface area contributed by atoms with Gasteiger partial charge in [0, 0.05) is 13.1 Å². The Morgan fingerprint density at radius 1 is 1.57 bits per heavy atom. The largest absolute Gasteiger partial charge is 0.444 e. The Hall–Kier alpha value is -0.770. The molecule has 2 atom stereocenters. The van der Waals surface area contributed by atoms with Crippen LogP contribution in [0.5, 0.6) is 0 Å². The smallest absolute Gasteiger partial charge is 0.410 e. The summed E-state index contributed by atoms with van der Waals surface area (Å²) in [5, 5.41) is 0. The summed E-state index contributed by atoms with van der Waals surface area (Å²) >= 11 is 0. The van der Waals surface area contributed by atoms with Gasteiger partial charge in [-0.25, -0.2) is 4.79 Å². The number of carbonyl (C=O) groups is 1. The number of carbonyl (C=O) groups excluding carboxylic acids is 1. The first-order valence-corrected chi connectivity index (χ1v) is 5.05. The molecule has 2 N–H and O–H groups in total. The summed E-state index contributed by atoms with van der Waals surface area (Å²) < 4.78 is 5.25. The van der Waals surface area contributed by atoms with Crippen LogP contribution in [0.1, 0.15) is 27.7 Å². The second kappa shape index (κ2) is 3.77. The van der Waals surface area contributed by atoms with Gasteiger partial charge in [0.05, 0.1) is 6.04 Å². The molecule has 0 saturated carbocycles. The van der Waals surface area contributed by atoms with Gasteiger partial charge in [0.2, 0.25) is 0 Å². The van der Waals surface area contributed by atoms with Crippen LogP contribution in [0.2, 0.25) is 0 Å². The first kappa shape index (κ1) is 11.3. The van der Waals surface area contributed by atoms with Crippen LogP contribution in [0.15, 0.2) is 0 Å². The maximum Gasteiger partial charge on any atom is 0.410 e. The molecule has 0 aromatic carbocycles. The minimum absolute atomic E-state index is 0.157. The van der Waals surface area contributed by atoms with Crippen molar-refractivity contribution in [1.82, 2.24) is 4.90 Å². The molecule has 82 valence electrons. The van der Waals surface area contributed by atoms with Gasteiger partial charge in [0.1, 0.15) is 5.60 Å². The molecule has 0 aromatic rings. The average molecular weight is 200 g/mol. The van der Waals surface area contributed by atoms with E-state index in [1.54, 1.807) is 4.90 Å². The van der Waals surface area contributed by atoms with Gasteiger partial charge >= 0.3 is 6.09 Å². The van der Waals surface area contributed by atoms with Gasteiger partial charge in [-0.1, -0.05) is 6.92 Å². The third-order valence-corrected chi connectivity index (χ3v) is 2.41. The molecule has 1 saturated heterocycles. The van der Waals surface area contributed by atoms with Gasteiger partial charge in [0.15, 0.2) is 0 Å². The molecule has 1 fully saturated rings. The maximum atomic E-state index is 11.6. The highest BCUT2D eigenvalue weighted by Gasteiger charge is 2.39. The number of amides is 1. The molecule has 1 rings (SSSR count). The van der Waals surface area contributed by atoms with Crippen LogP contribution in [0, 0.1) is 5.92 Å². The SMILES string of the molecule is C[C@H]1CN(C(=O)OC(C)(C)C)[C@H]1CN. The average Bonchev–Trinajstić information content (AvgIpc) is 1.97. The lowest BCUT2D eigenvalue weighted by atomic mass is 9.91. The zero-order valence-electron chi connectivity index (χ0n) is 9.41. The van der Waals surface area contributed by atoms with Crippen molar-refractivity contribution in [2.75, 3.05) is 13.1 Å². The van der Waals surface area contributed by atoms with Crippen molar-refractivity contribution in [1.29, 1.82) is 0 Å². The van der Waals surface area contributed by atoms with E-state index < -0.39 is 5.60 Å². The Morgan fingerprint density at radius 2 is 2.14 bits per heavy atom. The molecule has 1 heterocycles. The number of nitrogens with two attached hydrogens (primary N) is 1. The zero-order chi connectivity index (χ0) is 10.9. The zero-order valence-corrected chi connectivity index (χ0v) is 9.41. The van der Waals surface area contributed by atoms with Crippen LogP contribution < -0.4 is 5.73 Å². The molecule has 4 nitrogen and oxygen atoms in total. The minimum Gasteiger partial charge on any atom is -0.444 e. The summed E-state index contributed by atoms with van der Waals surface area (Å²) in [5.41, 5.74) is 5.15. The molecule has 0 unspecified atom stereocenters. The standard InChI is InChI=1S/C10H20N2O2/c1-7-6-12(8(7)5-11)9(13)14-10(2,3)4/h7-8H,5-6,11H2,1-4H3/t7-,8-/m0/s1. The van der Waals surface area contributed by atoms with Gasteiger partial charge in [-0.3, -0.25) is 0 Å². The Morgan fingerprint density at radius 3 is 2.50 bits per heavy atom. The molecule has 4 heteroatoms. The Bertz CT molecular complexity index is 223. The summed E-state index contributed by atoms with van der Waals surface area (Å²) in [6.45, 7) is 8.97. The molecular weight excluding hydrogens is 180 g/mol. The highest BCUT2D eigenvalue weighted by atomic mass is 16.6. The highest BCUT2D eigenvalue weighted by molar-refractivity contribution is 5.69. The van der Waals surface area contributed by atoms with Gasteiger partial charge in [0.25, 0.3) is 0 Å². The van der Waals surface area contributed by atoms with Gasteiger partial charge in [-0.15, -0.1) is 0 Å². The predicted octanol–water partition coefficient (Wildman–Crippen LogP) is 1.20. The highest BCUT2D eigenvalue weighted by Crippen LogP contribution is 2.25. The van der Waals surface area contributed by atoms with Crippen molar-refractivity contribution in [3.63, 3.8) is 0 Å². The lowest BCUT2D eigenvalue weighted by Crippen LogP contribution is -2.61. The molecule has 1 aliphatic rings. The van der Waals surface area contributed by atoms with E-state index in [1.165, 1.54) is 0 Å². The monoisotopic (exact) mass is 200 g/mol. The molecule has 0 spiro atoms. The lowest BCUT2D eigenvalue weighted by Gasteiger charge is -2.46. The molecule has 1 amide bonds. The van der Waals surface area contributed by atoms with E-state index in [4.69, 9.17) is 10.5 Å². The predicted molar refractivity (Wildman–Crippen MR) is 54.9 cm³/mol. The number of hydrogen-bond donors (Lipinski definition) is 1. The molecular formula is C10H20N2O2. The van der Waals surface area contributed by atoms with Crippen LogP contribution in [-0.4, -0.2) is 35.7 Å². The Balaban J connectivity index is 2.47. The van der Waals surface area contributed by atoms with Crippen LogP contribution in [-0.2, 0) is 4.74 Å². The fourth-order valence-electron chi connectivity index (χ4n) is 1.63. The molecule has 0 aromatic heterocycles. The van der Waals surface area contributed by atoms with Crippen LogP contribution >= 0.6 is 0 Å². The molecule has 14 heavy (non-hydrogen) atoms. The molecule has 0 radical (unpaired) electrons. The fraction of sp³-hybridized carbons (Fsp3) is 0.900. The van der Waals surface area contributed by atoms with Crippen molar-refractivity contribution in [3.05, 3.63) is 0 Å². The molecule has 0 aliphatic carbocycles. The third kappa shape index (κ3) is 2.38. The number of hydrogen-bond acceptors (Lipinski definition) is 3. The number of ether oxygens (including phenoxy) is 1. The second-order valence-electron chi connectivity index (χ2n) is 4.91. The second-order valence-corrected chi connectivity index (χ2v) is 4.91. The first-order chi connectivity index (χ1) is 6.35. The Labute approximate surface area is 85.4 Å². The summed E-state index contributed by atoms with van der Waals surface area (Å²) in [6.07, 6.45) is -0.244. The lowest BCUT2D eigenvalue weighted by molar-refractivity contribution is -0.0233. The summed E-state index contributed by atoms with van der Waals surface area (Å²) in [4.78, 5) is 13.3. The summed E-state index contributed by atoms with van der Waals surface area (Å²) in [7, 11) is 0. The Kier molecular flexibility index (Phi) is 3.04. The van der Waals surface area contributed by atoms with Crippen LogP contribution in [0.25, 0.3) is 0 Å². The van der Waals surface area contributed by atoms with Crippen molar-refractivity contribution in [3.8, 4) is 0 Å². The fourth-order valence-corrected chi connectivity index (χ4v) is 1.63. The molecule has 0 bridgehead atoms. The maximum absolute atomic E-state index is 11.6. The van der Waals surface area contributed by atoms with Crippen LogP contribution in [0.4, 0.5) is 4.79 Å². The van der Waals surface area contributed by atoms with Crippen molar-refractivity contribution < 1.29 is 9.53 Å². The van der Waals surface area contributed by atoms with Gasteiger partial charge in [-0.2, -0.15) is 0 Å². The summed E-state index contributed by atoms with van der Waals surface area (Å²) in [6, 6.07) is 0.157. The van der Waals surface area contributed by atoms with E-state index in [2.05, 4.69) is 6.92 Å². The van der Waals surface area contributed by atoms with E-state index in [1.807, 2.05) is 20.8 Å². The minimum atomic E-state index is -0.422. The van der Waals surface area contributed by atoms with Crippen LogP contribution in [0.3, 0.4) is 0 Å². The quantitative estimate of drug-likeness (QED) is 0.692. The van der Waals surface area contributed by atoms with Gasteiger partial charge in [-0.05, 0) is 26.7 Å². The normalized spacial score (nSPS) is 27.1. The van der Waals surface area contributed by atoms with E-state index >= 15 is 0 Å². The number of rotatable bonds is 1. The van der Waals surface area contributed by atoms with E-state index in [0.29, 0.717) is 12.5 Å². The third-order valence-electron chi connectivity index (χ3n) is 2.41. The topological polar surface area (TPSA) is 55.6 Å². The van der Waals surface area contributed by atoms with Crippen molar-refractivity contribution >= 4 is 6.09 Å². The molecule has 1 aliphatic heterocycles. The summed E-state index contributed by atoms with van der Waals surface area (Å²) in [5.74, 6) is 0.493. The van der Waals surface area contributed by atoms with E-state index in [-0.39, 0.29) is 12.1 Å². The van der Waals surface area contributed by atoms with Gasteiger partial charge < -0.3 is 15.4 Å². The van der Waals surface area contributed by atoms with E-state index in [9.17, 15) is 4.79 Å². The van der Waals surface area contributed by atoms with E-state index in [0.717, 1.165) is 6.54 Å². The van der Waals surface area contributed by atoms with Crippen molar-refractivity contribution in [2.24, 2.45) is 11.7 Å². The first-order valence-electron chi connectivity index (χ1n) is 5.05.